The van der Waals surface area contributed by atoms with Crippen LogP contribution >= 0.6 is 11.6 Å². The molecule has 4 saturated carbocycles. The van der Waals surface area contributed by atoms with Gasteiger partial charge in [0, 0.05) is 53.4 Å². The third kappa shape index (κ3) is 4.46. The van der Waals surface area contributed by atoms with Gasteiger partial charge in [-0.3, -0.25) is 9.78 Å². The molecule has 4 bridgehead atoms. The molecule has 4 fully saturated rings. The minimum absolute atomic E-state index is 0.184. The van der Waals surface area contributed by atoms with Crippen LogP contribution in [0.15, 0.2) is 55.4 Å². The van der Waals surface area contributed by atoms with E-state index in [-0.39, 0.29) is 17.9 Å². The number of nitrogens with zero attached hydrogens (tertiary/aromatic N) is 4. The Morgan fingerprint density at radius 3 is 2.62 bits per heavy atom. The monoisotopic (exact) mass is 541 g/mol. The SMILES string of the molecule is Cc1cc(-n2ccnc2)c2cccc(OCc3c(Cl)cncc3CNC(=O)C34CC5CC(CC(C5)C3)C4)c2n1. The van der Waals surface area contributed by atoms with Crippen LogP contribution in [0.3, 0.4) is 0 Å². The van der Waals surface area contributed by atoms with Crippen molar-refractivity contribution in [1.82, 2.24) is 24.8 Å². The fourth-order valence-electron chi connectivity index (χ4n) is 7.78. The average molecular weight is 542 g/mol. The predicted octanol–water partition coefficient (Wildman–Crippen LogP) is 6.19. The molecule has 0 saturated heterocycles. The van der Waals surface area contributed by atoms with Crippen molar-refractivity contribution >= 4 is 28.4 Å². The van der Waals surface area contributed by atoms with Gasteiger partial charge in [-0.25, -0.2) is 9.97 Å². The summed E-state index contributed by atoms with van der Waals surface area (Å²) in [5, 5.41) is 4.77. The molecule has 3 heterocycles. The number of carbonyl (C=O) groups excluding carboxylic acids is 1. The molecular formula is C31H32ClN5O2. The van der Waals surface area contributed by atoms with Crippen LogP contribution in [0.25, 0.3) is 16.6 Å². The number of halogens is 1. The summed E-state index contributed by atoms with van der Waals surface area (Å²) in [4.78, 5) is 26.8. The fourth-order valence-corrected chi connectivity index (χ4v) is 8.01. The minimum atomic E-state index is -0.184. The number of imidazole rings is 1. The summed E-state index contributed by atoms with van der Waals surface area (Å²) in [6.07, 6.45) is 16.0. The largest absolute Gasteiger partial charge is 0.487 e. The molecule has 39 heavy (non-hydrogen) atoms. The van der Waals surface area contributed by atoms with Gasteiger partial charge in [-0.2, -0.15) is 0 Å². The Morgan fingerprint density at radius 1 is 1.13 bits per heavy atom. The van der Waals surface area contributed by atoms with Crippen LogP contribution in [0, 0.1) is 30.1 Å². The van der Waals surface area contributed by atoms with Crippen LogP contribution in [0.4, 0.5) is 0 Å². The lowest BCUT2D eigenvalue weighted by molar-refractivity contribution is -0.146. The first kappa shape index (κ1) is 24.6. The standard InChI is InChI=1S/C31H32ClN5O2/c1-19-7-27(37-6-5-33-18-37)24-3-2-4-28(29(24)36-19)39-17-25-23(14-34-16-26(25)32)15-35-30(38)31-11-20-8-21(12-31)10-22(9-20)13-31/h2-7,14,16,18,20-22H,8-13,15,17H2,1H3,(H,35,38). The molecule has 8 rings (SSSR count). The van der Waals surface area contributed by atoms with Gasteiger partial charge in [-0.15, -0.1) is 0 Å². The first-order valence-corrected chi connectivity index (χ1v) is 14.3. The van der Waals surface area contributed by atoms with E-state index in [2.05, 4.69) is 15.3 Å². The van der Waals surface area contributed by atoms with Crippen molar-refractivity contribution in [3.63, 3.8) is 0 Å². The van der Waals surface area contributed by atoms with Crippen molar-refractivity contribution in [2.75, 3.05) is 0 Å². The molecule has 4 aromatic rings. The van der Waals surface area contributed by atoms with Crippen LogP contribution in [0.1, 0.15) is 55.3 Å². The van der Waals surface area contributed by atoms with E-state index in [0.29, 0.717) is 17.3 Å². The zero-order valence-corrected chi connectivity index (χ0v) is 22.8. The van der Waals surface area contributed by atoms with Crippen LogP contribution in [0.5, 0.6) is 5.75 Å². The maximum absolute atomic E-state index is 13.5. The lowest BCUT2D eigenvalue weighted by Gasteiger charge is -2.55. The first-order valence-electron chi connectivity index (χ1n) is 13.9. The Labute approximate surface area is 233 Å². The summed E-state index contributed by atoms with van der Waals surface area (Å²) < 4.78 is 8.33. The first-order chi connectivity index (χ1) is 19.0. The zero-order valence-electron chi connectivity index (χ0n) is 22.1. The lowest BCUT2D eigenvalue weighted by atomic mass is 9.49. The van der Waals surface area contributed by atoms with Gasteiger partial charge in [-0.05, 0) is 80.9 Å². The van der Waals surface area contributed by atoms with E-state index in [1.54, 1.807) is 24.9 Å². The summed E-state index contributed by atoms with van der Waals surface area (Å²) in [5.74, 6) is 3.06. The smallest absolute Gasteiger partial charge is 0.226 e. The molecule has 0 spiro atoms. The number of hydrogen-bond acceptors (Lipinski definition) is 5. The number of aryl methyl sites for hydroxylation is 1. The Hall–Kier alpha value is -3.45. The third-order valence-corrected chi connectivity index (χ3v) is 9.44. The van der Waals surface area contributed by atoms with E-state index in [1.165, 1.54) is 19.3 Å². The van der Waals surface area contributed by atoms with Crippen molar-refractivity contribution < 1.29 is 9.53 Å². The molecule has 4 aliphatic rings. The number of amides is 1. The molecule has 4 aliphatic carbocycles. The van der Waals surface area contributed by atoms with Crippen LogP contribution in [-0.2, 0) is 17.9 Å². The summed E-state index contributed by atoms with van der Waals surface area (Å²) in [7, 11) is 0. The molecule has 7 nitrogen and oxygen atoms in total. The number of benzene rings is 1. The maximum atomic E-state index is 13.5. The Morgan fingerprint density at radius 2 is 1.90 bits per heavy atom. The van der Waals surface area contributed by atoms with Gasteiger partial charge in [0.05, 0.1) is 17.0 Å². The molecule has 1 aromatic carbocycles. The van der Waals surface area contributed by atoms with Crippen LogP contribution < -0.4 is 10.1 Å². The second-order valence-corrected chi connectivity index (χ2v) is 12.2. The van der Waals surface area contributed by atoms with Gasteiger partial charge in [0.2, 0.25) is 5.91 Å². The van der Waals surface area contributed by atoms with Gasteiger partial charge < -0.3 is 14.6 Å². The highest BCUT2D eigenvalue weighted by molar-refractivity contribution is 6.31. The summed E-state index contributed by atoms with van der Waals surface area (Å²) in [6, 6.07) is 7.97. The quantitative estimate of drug-likeness (QED) is 0.302. The van der Waals surface area contributed by atoms with Crippen LogP contribution in [-0.4, -0.2) is 25.4 Å². The van der Waals surface area contributed by atoms with E-state index >= 15 is 0 Å². The maximum Gasteiger partial charge on any atom is 0.226 e. The number of rotatable bonds is 7. The minimum Gasteiger partial charge on any atom is -0.487 e. The topological polar surface area (TPSA) is 81.9 Å². The number of hydrogen-bond donors (Lipinski definition) is 1. The van der Waals surface area contributed by atoms with Crippen molar-refractivity contribution in [2.24, 2.45) is 23.2 Å². The molecule has 0 aliphatic heterocycles. The number of carbonyl (C=O) groups is 1. The van der Waals surface area contributed by atoms with Gasteiger partial charge in [0.25, 0.3) is 0 Å². The Kier molecular flexibility index (Phi) is 6.07. The fraction of sp³-hybridized carbons (Fsp3) is 0.419. The van der Waals surface area contributed by atoms with Crippen molar-refractivity contribution in [1.29, 1.82) is 0 Å². The molecule has 0 unspecified atom stereocenters. The highest BCUT2D eigenvalue weighted by Gasteiger charge is 2.54. The Balaban J connectivity index is 1.11. The zero-order chi connectivity index (χ0) is 26.6. The second kappa shape index (κ2) is 9.63. The van der Waals surface area contributed by atoms with Crippen molar-refractivity contribution in [3.8, 4) is 11.4 Å². The molecule has 1 amide bonds. The van der Waals surface area contributed by atoms with Gasteiger partial charge in [-0.1, -0.05) is 23.7 Å². The Bertz CT molecular complexity index is 1520. The van der Waals surface area contributed by atoms with Gasteiger partial charge in [0.1, 0.15) is 17.9 Å². The van der Waals surface area contributed by atoms with Crippen molar-refractivity contribution in [2.45, 2.75) is 58.6 Å². The van der Waals surface area contributed by atoms with E-state index in [9.17, 15) is 4.79 Å². The molecule has 1 N–H and O–H groups in total. The van der Waals surface area contributed by atoms with Gasteiger partial charge >= 0.3 is 0 Å². The highest BCUT2D eigenvalue weighted by Crippen LogP contribution is 2.60. The number of ether oxygens (including phenoxy) is 1. The van der Waals surface area contributed by atoms with E-state index in [1.807, 2.05) is 42.0 Å². The van der Waals surface area contributed by atoms with E-state index in [0.717, 1.165) is 70.4 Å². The summed E-state index contributed by atoms with van der Waals surface area (Å²) in [6.45, 7) is 2.62. The number of fused-ring (bicyclic) bond motifs is 1. The lowest BCUT2D eigenvalue weighted by Crippen LogP contribution is -2.53. The number of aromatic nitrogens is 4. The molecule has 0 atom stereocenters. The summed E-state index contributed by atoms with van der Waals surface area (Å²) in [5.41, 5.74) is 4.19. The van der Waals surface area contributed by atoms with E-state index in [4.69, 9.17) is 21.3 Å². The third-order valence-electron chi connectivity index (χ3n) is 9.12. The van der Waals surface area contributed by atoms with Crippen LogP contribution in [0.2, 0.25) is 5.02 Å². The average Bonchev–Trinajstić information content (AvgIpc) is 3.45. The summed E-state index contributed by atoms with van der Waals surface area (Å²) >= 11 is 6.62. The molecular weight excluding hydrogens is 510 g/mol. The second-order valence-electron chi connectivity index (χ2n) is 11.8. The molecule has 200 valence electrons. The molecule has 8 heteroatoms. The van der Waals surface area contributed by atoms with E-state index < -0.39 is 0 Å². The number of pyridine rings is 2. The number of nitrogens with one attached hydrogen (secondary N) is 1. The molecule has 3 aromatic heterocycles. The van der Waals surface area contributed by atoms with Gasteiger partial charge in [0.15, 0.2) is 0 Å². The highest BCUT2D eigenvalue weighted by atomic mass is 35.5. The normalized spacial score (nSPS) is 25.2. The van der Waals surface area contributed by atoms with Crippen molar-refractivity contribution in [3.05, 3.63) is 77.2 Å². The number of para-hydroxylation sites is 1. The predicted molar refractivity (Wildman–Crippen MR) is 150 cm³/mol. The molecule has 0 radical (unpaired) electrons.